The van der Waals surface area contributed by atoms with E-state index < -0.39 is 0 Å². The molecule has 0 spiro atoms. The number of likely N-dealkylation sites (tertiary alicyclic amines) is 1. The Morgan fingerprint density at radius 1 is 1.37 bits per heavy atom. The highest BCUT2D eigenvalue weighted by molar-refractivity contribution is 9.09. The zero-order valence-electron chi connectivity index (χ0n) is 10.5. The summed E-state index contributed by atoms with van der Waals surface area (Å²) in [5, 5.41) is 2.04. The second-order valence-electron chi connectivity index (χ2n) is 4.90. The lowest BCUT2D eigenvalue weighted by atomic mass is 10.1. The molecule has 0 bridgehead atoms. The van der Waals surface area contributed by atoms with Crippen LogP contribution in [-0.4, -0.2) is 29.2 Å². The predicted molar refractivity (Wildman–Crippen MR) is 83.3 cm³/mol. The normalized spacial score (nSPS) is 18.9. The van der Waals surface area contributed by atoms with Gasteiger partial charge in [0.25, 0.3) is 0 Å². The fourth-order valence-electron chi connectivity index (χ4n) is 2.39. The van der Waals surface area contributed by atoms with E-state index in [0.717, 1.165) is 36.8 Å². The van der Waals surface area contributed by atoms with Crippen molar-refractivity contribution in [3.63, 3.8) is 0 Å². The lowest BCUT2D eigenvalue weighted by Crippen LogP contribution is -2.30. The van der Waals surface area contributed by atoms with Crippen LogP contribution in [0.25, 0.3) is 0 Å². The molecule has 1 atom stereocenters. The van der Waals surface area contributed by atoms with Crippen molar-refractivity contribution in [1.82, 2.24) is 4.90 Å². The molecule has 0 saturated carbocycles. The molecule has 0 aliphatic carbocycles. The van der Waals surface area contributed by atoms with Gasteiger partial charge in [-0.1, -0.05) is 45.2 Å². The van der Waals surface area contributed by atoms with Crippen LogP contribution in [0.5, 0.6) is 0 Å². The molecule has 1 heterocycles. The summed E-state index contributed by atoms with van der Waals surface area (Å²) < 4.78 is 0. The summed E-state index contributed by atoms with van der Waals surface area (Å²) in [6, 6.07) is 5.37. The summed E-state index contributed by atoms with van der Waals surface area (Å²) in [7, 11) is 0. The Kier molecular flexibility index (Phi) is 5.55. The number of carbonyl (C=O) groups is 1. The van der Waals surface area contributed by atoms with Gasteiger partial charge in [-0.3, -0.25) is 4.79 Å². The van der Waals surface area contributed by atoms with Gasteiger partial charge < -0.3 is 4.90 Å². The van der Waals surface area contributed by atoms with Gasteiger partial charge in [-0.25, -0.2) is 0 Å². The summed E-state index contributed by atoms with van der Waals surface area (Å²) in [5.74, 6) is 0.813. The van der Waals surface area contributed by atoms with Crippen LogP contribution in [0.15, 0.2) is 18.2 Å². The fraction of sp³-hybridized carbons (Fsp3) is 0.500. The Balaban J connectivity index is 1.92. The van der Waals surface area contributed by atoms with E-state index >= 15 is 0 Å². The van der Waals surface area contributed by atoms with Crippen molar-refractivity contribution in [2.24, 2.45) is 5.92 Å². The molecular formula is C14H16BrCl2NO. The quantitative estimate of drug-likeness (QED) is 0.734. The van der Waals surface area contributed by atoms with Crippen molar-refractivity contribution in [3.05, 3.63) is 33.8 Å². The Hall–Kier alpha value is -0.250. The first-order valence-corrected chi connectivity index (χ1v) is 8.25. The maximum atomic E-state index is 12.2. The first kappa shape index (κ1) is 15.1. The zero-order valence-corrected chi connectivity index (χ0v) is 13.6. The number of alkyl halides is 1. The Bertz CT molecular complexity index is 467. The predicted octanol–water partition coefficient (Wildman–Crippen LogP) is 4.17. The monoisotopic (exact) mass is 363 g/mol. The van der Waals surface area contributed by atoms with Crippen LogP contribution >= 0.6 is 39.1 Å². The van der Waals surface area contributed by atoms with Crippen molar-refractivity contribution in [2.75, 3.05) is 18.4 Å². The SMILES string of the molecule is O=C(Cc1ccc(Cl)c(Cl)c1)N1CCC(CCBr)C1. The van der Waals surface area contributed by atoms with Crippen molar-refractivity contribution >= 4 is 45.0 Å². The van der Waals surface area contributed by atoms with Crippen molar-refractivity contribution in [3.8, 4) is 0 Å². The second-order valence-corrected chi connectivity index (χ2v) is 6.50. The van der Waals surface area contributed by atoms with Crippen LogP contribution in [0.1, 0.15) is 18.4 Å². The highest BCUT2D eigenvalue weighted by Gasteiger charge is 2.25. The van der Waals surface area contributed by atoms with E-state index in [-0.39, 0.29) is 5.91 Å². The fourth-order valence-corrected chi connectivity index (χ4v) is 3.35. The smallest absolute Gasteiger partial charge is 0.226 e. The van der Waals surface area contributed by atoms with Crippen molar-refractivity contribution < 1.29 is 4.79 Å². The lowest BCUT2D eigenvalue weighted by Gasteiger charge is -2.16. The molecule has 0 N–H and O–H groups in total. The van der Waals surface area contributed by atoms with Gasteiger partial charge in [0.2, 0.25) is 5.91 Å². The molecule has 2 nitrogen and oxygen atoms in total. The Morgan fingerprint density at radius 2 is 2.16 bits per heavy atom. The summed E-state index contributed by atoms with van der Waals surface area (Å²) in [4.78, 5) is 14.2. The number of amides is 1. The molecule has 1 fully saturated rings. The molecule has 1 aliphatic rings. The molecule has 0 aromatic heterocycles. The van der Waals surface area contributed by atoms with E-state index in [0.29, 0.717) is 22.4 Å². The minimum Gasteiger partial charge on any atom is -0.342 e. The molecule has 1 amide bonds. The molecular weight excluding hydrogens is 349 g/mol. The van der Waals surface area contributed by atoms with Gasteiger partial charge in [0.1, 0.15) is 0 Å². The van der Waals surface area contributed by atoms with Gasteiger partial charge >= 0.3 is 0 Å². The lowest BCUT2D eigenvalue weighted by molar-refractivity contribution is -0.129. The van der Waals surface area contributed by atoms with E-state index in [9.17, 15) is 4.79 Å². The number of halogens is 3. The topological polar surface area (TPSA) is 20.3 Å². The molecule has 0 radical (unpaired) electrons. The largest absolute Gasteiger partial charge is 0.342 e. The number of nitrogens with zero attached hydrogens (tertiary/aromatic N) is 1. The second kappa shape index (κ2) is 6.96. The molecule has 2 rings (SSSR count). The summed E-state index contributed by atoms with van der Waals surface area (Å²) in [5.41, 5.74) is 0.920. The third kappa shape index (κ3) is 4.11. The number of carbonyl (C=O) groups excluding carboxylic acids is 1. The maximum Gasteiger partial charge on any atom is 0.226 e. The maximum absolute atomic E-state index is 12.2. The minimum atomic E-state index is 0.176. The van der Waals surface area contributed by atoms with Gasteiger partial charge in [0, 0.05) is 18.4 Å². The zero-order chi connectivity index (χ0) is 13.8. The van der Waals surface area contributed by atoms with E-state index in [4.69, 9.17) is 23.2 Å². The minimum absolute atomic E-state index is 0.176. The van der Waals surface area contributed by atoms with Crippen LogP contribution in [-0.2, 0) is 11.2 Å². The molecule has 104 valence electrons. The third-order valence-corrected chi connectivity index (χ3v) is 4.69. The highest BCUT2D eigenvalue weighted by atomic mass is 79.9. The van der Waals surface area contributed by atoms with E-state index in [2.05, 4.69) is 15.9 Å². The number of benzene rings is 1. The molecule has 1 aliphatic heterocycles. The van der Waals surface area contributed by atoms with Crippen LogP contribution < -0.4 is 0 Å². The molecule has 1 aromatic carbocycles. The number of hydrogen-bond donors (Lipinski definition) is 0. The van der Waals surface area contributed by atoms with Crippen LogP contribution in [0.3, 0.4) is 0 Å². The van der Waals surface area contributed by atoms with Crippen LogP contribution in [0, 0.1) is 5.92 Å². The van der Waals surface area contributed by atoms with E-state index in [1.54, 1.807) is 12.1 Å². The number of hydrogen-bond acceptors (Lipinski definition) is 1. The van der Waals surface area contributed by atoms with Gasteiger partial charge in [0.15, 0.2) is 0 Å². The van der Waals surface area contributed by atoms with Crippen LogP contribution in [0.2, 0.25) is 10.0 Å². The van der Waals surface area contributed by atoms with Crippen LogP contribution in [0.4, 0.5) is 0 Å². The first-order chi connectivity index (χ1) is 9.10. The van der Waals surface area contributed by atoms with Gasteiger partial charge in [-0.05, 0) is 36.5 Å². The van der Waals surface area contributed by atoms with Gasteiger partial charge in [-0.2, -0.15) is 0 Å². The molecule has 1 unspecified atom stereocenters. The summed E-state index contributed by atoms with van der Waals surface area (Å²) in [6.07, 6.45) is 2.65. The third-order valence-electron chi connectivity index (χ3n) is 3.50. The van der Waals surface area contributed by atoms with Gasteiger partial charge in [-0.15, -0.1) is 0 Å². The van der Waals surface area contributed by atoms with Gasteiger partial charge in [0.05, 0.1) is 16.5 Å². The number of rotatable bonds is 4. The average molecular weight is 365 g/mol. The van der Waals surface area contributed by atoms with Crippen molar-refractivity contribution in [2.45, 2.75) is 19.3 Å². The summed E-state index contributed by atoms with van der Waals surface area (Å²) >= 11 is 15.3. The molecule has 1 aromatic rings. The Morgan fingerprint density at radius 3 is 2.84 bits per heavy atom. The molecule has 5 heteroatoms. The van der Waals surface area contributed by atoms with E-state index in [1.165, 1.54) is 0 Å². The van der Waals surface area contributed by atoms with Crippen molar-refractivity contribution in [1.29, 1.82) is 0 Å². The molecule has 19 heavy (non-hydrogen) atoms. The summed E-state index contributed by atoms with van der Waals surface area (Å²) in [6.45, 7) is 1.75. The first-order valence-electron chi connectivity index (χ1n) is 6.38. The highest BCUT2D eigenvalue weighted by Crippen LogP contribution is 2.24. The average Bonchev–Trinajstić information content (AvgIpc) is 2.83. The molecule has 1 saturated heterocycles. The van der Waals surface area contributed by atoms with E-state index in [1.807, 2.05) is 11.0 Å². The standard InChI is InChI=1S/C14H16BrCl2NO/c15-5-3-10-4-6-18(9-10)14(19)8-11-1-2-12(16)13(17)7-11/h1-2,7,10H,3-6,8-9H2. The Labute approximate surface area is 132 Å².